The third-order valence-electron chi connectivity index (χ3n) is 2.87. The second kappa shape index (κ2) is 3.81. The van der Waals surface area contributed by atoms with Crippen LogP contribution < -0.4 is 0 Å². The van der Waals surface area contributed by atoms with E-state index in [9.17, 15) is 14.9 Å². The predicted octanol–water partition coefficient (Wildman–Crippen LogP) is 2.21. The van der Waals surface area contributed by atoms with E-state index >= 15 is 0 Å². The average Bonchev–Trinajstić information content (AvgIpc) is 2.27. The summed E-state index contributed by atoms with van der Waals surface area (Å²) in [6, 6.07) is 4.81. The third kappa shape index (κ3) is 1.75. The zero-order chi connectivity index (χ0) is 10.8. The van der Waals surface area contributed by atoms with Crippen LogP contribution in [0.25, 0.3) is 0 Å². The second-order valence-electron chi connectivity index (χ2n) is 3.78. The normalized spacial score (nSPS) is 19.3. The highest BCUT2D eigenvalue weighted by molar-refractivity contribution is 5.65. The summed E-state index contributed by atoms with van der Waals surface area (Å²) in [7, 11) is 0. The Balaban J connectivity index is 2.47. The molecule has 0 amide bonds. The number of fused-ring (bicyclic) bond motifs is 1. The van der Waals surface area contributed by atoms with Gasteiger partial charge in [-0.2, -0.15) is 0 Å². The lowest BCUT2D eigenvalue weighted by Gasteiger charge is -2.20. The van der Waals surface area contributed by atoms with Gasteiger partial charge < -0.3 is 4.79 Å². The van der Waals surface area contributed by atoms with Crippen LogP contribution in [0.15, 0.2) is 18.2 Å². The van der Waals surface area contributed by atoms with Crippen LogP contribution in [-0.4, -0.2) is 11.2 Å². The summed E-state index contributed by atoms with van der Waals surface area (Å²) in [6.45, 7) is 0. The van der Waals surface area contributed by atoms with Crippen LogP contribution in [0.4, 0.5) is 5.69 Å². The molecule has 0 heterocycles. The van der Waals surface area contributed by atoms with E-state index in [-0.39, 0.29) is 11.6 Å². The molecule has 1 aromatic carbocycles. The van der Waals surface area contributed by atoms with Gasteiger partial charge in [-0.1, -0.05) is 6.07 Å². The number of aldehydes is 1. The zero-order valence-electron chi connectivity index (χ0n) is 8.18. The van der Waals surface area contributed by atoms with E-state index in [4.69, 9.17) is 0 Å². The number of nitrogens with zero attached hydrogens (tertiary/aromatic N) is 1. The van der Waals surface area contributed by atoms with Crippen molar-refractivity contribution in [3.63, 3.8) is 0 Å². The van der Waals surface area contributed by atoms with Gasteiger partial charge in [-0.3, -0.25) is 10.1 Å². The molecule has 4 nitrogen and oxygen atoms in total. The van der Waals surface area contributed by atoms with Gasteiger partial charge in [0.1, 0.15) is 6.29 Å². The van der Waals surface area contributed by atoms with Crippen molar-refractivity contribution < 1.29 is 9.72 Å². The monoisotopic (exact) mass is 205 g/mol. The molecule has 78 valence electrons. The lowest BCUT2D eigenvalue weighted by Crippen LogP contribution is -2.11. The minimum Gasteiger partial charge on any atom is -0.303 e. The summed E-state index contributed by atoms with van der Waals surface area (Å²) in [5.74, 6) is -0.159. The van der Waals surface area contributed by atoms with Crippen LogP contribution in [0.1, 0.15) is 29.9 Å². The molecule has 0 saturated carbocycles. The van der Waals surface area contributed by atoms with E-state index < -0.39 is 4.92 Å². The standard InChI is InChI=1S/C11H11NO3/c13-7-9-3-1-2-8-4-5-10(12(14)15)6-11(8)9/h4-7,9H,1-3H2. The molecule has 0 spiro atoms. The van der Waals surface area contributed by atoms with Crippen molar-refractivity contribution in [2.75, 3.05) is 0 Å². The molecule has 1 aliphatic carbocycles. The predicted molar refractivity (Wildman–Crippen MR) is 54.8 cm³/mol. The van der Waals surface area contributed by atoms with E-state index in [2.05, 4.69) is 0 Å². The summed E-state index contributed by atoms with van der Waals surface area (Å²) in [5.41, 5.74) is 1.98. The first-order valence-electron chi connectivity index (χ1n) is 4.95. The maximum Gasteiger partial charge on any atom is 0.269 e. The van der Waals surface area contributed by atoms with Gasteiger partial charge in [0.25, 0.3) is 5.69 Å². The van der Waals surface area contributed by atoms with Crippen molar-refractivity contribution in [3.8, 4) is 0 Å². The molecule has 1 aliphatic rings. The quantitative estimate of drug-likeness (QED) is 0.422. The number of non-ortho nitro benzene ring substituents is 1. The Kier molecular flexibility index (Phi) is 2.49. The molecule has 0 fully saturated rings. The van der Waals surface area contributed by atoms with Gasteiger partial charge in [-0.25, -0.2) is 0 Å². The van der Waals surface area contributed by atoms with Crippen molar-refractivity contribution >= 4 is 12.0 Å². The Morgan fingerprint density at radius 2 is 2.27 bits per heavy atom. The van der Waals surface area contributed by atoms with E-state index in [0.29, 0.717) is 0 Å². The number of carbonyl (C=O) groups excluding carboxylic acids is 1. The molecule has 0 aliphatic heterocycles. The molecule has 1 atom stereocenters. The van der Waals surface area contributed by atoms with Crippen LogP contribution in [0.2, 0.25) is 0 Å². The molecule has 1 unspecified atom stereocenters. The highest BCUT2D eigenvalue weighted by Gasteiger charge is 2.21. The fraction of sp³-hybridized carbons (Fsp3) is 0.364. The molecule has 0 saturated heterocycles. The number of hydrogen-bond donors (Lipinski definition) is 0. The Morgan fingerprint density at radius 1 is 1.47 bits per heavy atom. The fourth-order valence-corrected chi connectivity index (χ4v) is 2.08. The smallest absolute Gasteiger partial charge is 0.269 e. The van der Waals surface area contributed by atoms with Gasteiger partial charge in [0.15, 0.2) is 0 Å². The molecule has 0 N–H and O–H groups in total. The lowest BCUT2D eigenvalue weighted by molar-refractivity contribution is -0.384. The van der Waals surface area contributed by atoms with Crippen LogP contribution in [-0.2, 0) is 11.2 Å². The van der Waals surface area contributed by atoms with Gasteiger partial charge in [0.05, 0.1) is 4.92 Å². The minimum atomic E-state index is -0.420. The van der Waals surface area contributed by atoms with Crippen molar-refractivity contribution in [1.82, 2.24) is 0 Å². The first-order valence-corrected chi connectivity index (χ1v) is 4.95. The van der Waals surface area contributed by atoms with E-state index in [0.717, 1.165) is 36.7 Å². The molecule has 4 heteroatoms. The number of hydrogen-bond acceptors (Lipinski definition) is 3. The maximum atomic E-state index is 10.8. The maximum absolute atomic E-state index is 10.8. The Hall–Kier alpha value is -1.71. The van der Waals surface area contributed by atoms with Crippen LogP contribution in [0.5, 0.6) is 0 Å². The number of carbonyl (C=O) groups is 1. The fourth-order valence-electron chi connectivity index (χ4n) is 2.08. The molecule has 2 rings (SSSR count). The van der Waals surface area contributed by atoms with Crippen LogP contribution in [0, 0.1) is 10.1 Å². The van der Waals surface area contributed by atoms with Gasteiger partial charge in [0.2, 0.25) is 0 Å². The molecule has 0 aromatic heterocycles. The summed E-state index contributed by atoms with van der Waals surface area (Å²) in [4.78, 5) is 21.0. The third-order valence-corrected chi connectivity index (χ3v) is 2.87. The van der Waals surface area contributed by atoms with Crippen LogP contribution >= 0.6 is 0 Å². The first-order chi connectivity index (χ1) is 7.22. The van der Waals surface area contributed by atoms with Gasteiger partial charge >= 0.3 is 0 Å². The molecular formula is C11H11NO3. The Labute approximate surface area is 87.1 Å². The van der Waals surface area contributed by atoms with Crippen LogP contribution in [0.3, 0.4) is 0 Å². The van der Waals surface area contributed by atoms with Gasteiger partial charge in [-0.05, 0) is 30.4 Å². The lowest BCUT2D eigenvalue weighted by atomic mass is 9.83. The summed E-state index contributed by atoms with van der Waals surface area (Å²) >= 11 is 0. The largest absolute Gasteiger partial charge is 0.303 e. The van der Waals surface area contributed by atoms with E-state index in [1.165, 1.54) is 12.1 Å². The first kappa shape index (κ1) is 9.83. The van der Waals surface area contributed by atoms with Crippen molar-refractivity contribution in [3.05, 3.63) is 39.4 Å². The summed E-state index contributed by atoms with van der Waals surface area (Å²) < 4.78 is 0. The highest BCUT2D eigenvalue weighted by atomic mass is 16.6. The topological polar surface area (TPSA) is 60.2 Å². The zero-order valence-corrected chi connectivity index (χ0v) is 8.18. The van der Waals surface area contributed by atoms with Crippen molar-refractivity contribution in [2.24, 2.45) is 0 Å². The van der Waals surface area contributed by atoms with E-state index in [1.807, 2.05) is 0 Å². The minimum absolute atomic E-state index is 0.0718. The molecular weight excluding hydrogens is 194 g/mol. The number of benzene rings is 1. The summed E-state index contributed by atoms with van der Waals surface area (Å²) in [5, 5.41) is 10.6. The number of rotatable bonds is 2. The Morgan fingerprint density at radius 3 is 2.93 bits per heavy atom. The molecule has 1 aromatic rings. The Bertz CT molecular complexity index is 414. The van der Waals surface area contributed by atoms with E-state index in [1.54, 1.807) is 6.07 Å². The molecule has 0 radical (unpaired) electrons. The van der Waals surface area contributed by atoms with Crippen molar-refractivity contribution in [2.45, 2.75) is 25.2 Å². The number of nitro benzene ring substituents is 1. The second-order valence-corrected chi connectivity index (χ2v) is 3.78. The summed E-state index contributed by atoms with van der Waals surface area (Å²) in [6.07, 6.45) is 3.59. The number of aryl methyl sites for hydroxylation is 1. The van der Waals surface area contributed by atoms with Crippen molar-refractivity contribution in [1.29, 1.82) is 0 Å². The molecule has 0 bridgehead atoms. The van der Waals surface area contributed by atoms with Gasteiger partial charge in [-0.15, -0.1) is 0 Å². The number of nitro groups is 1. The average molecular weight is 205 g/mol. The highest BCUT2D eigenvalue weighted by Crippen LogP contribution is 2.32. The SMILES string of the molecule is O=CC1CCCc2ccc([N+](=O)[O-])cc21. The van der Waals surface area contributed by atoms with Gasteiger partial charge in [0, 0.05) is 18.1 Å². The molecule has 15 heavy (non-hydrogen) atoms.